The number of nitrogens with one attached hydrogen (secondary N) is 1. The summed E-state index contributed by atoms with van der Waals surface area (Å²) in [5.41, 5.74) is 0.340. The van der Waals surface area contributed by atoms with E-state index in [2.05, 4.69) is 22.1 Å². The fraction of sp³-hybridized carbons (Fsp3) is 0.882. The number of nitrogens with zero attached hydrogens (tertiary/aromatic N) is 3. The molecule has 1 aliphatic heterocycles. The SMILES string of the molecule is CCOC1CC(NC(=NC)N2CCN(C(C)=O)CC2)C12CCC2. The number of hydrogen-bond donors (Lipinski definition) is 1. The molecule has 2 saturated carbocycles. The van der Waals surface area contributed by atoms with Crippen LogP contribution in [0, 0.1) is 5.41 Å². The van der Waals surface area contributed by atoms with E-state index in [1.165, 1.54) is 19.3 Å². The van der Waals surface area contributed by atoms with Gasteiger partial charge in [-0.3, -0.25) is 9.79 Å². The zero-order chi connectivity index (χ0) is 16.4. The Morgan fingerprint density at radius 2 is 1.91 bits per heavy atom. The van der Waals surface area contributed by atoms with Crippen molar-refractivity contribution in [1.29, 1.82) is 0 Å². The van der Waals surface area contributed by atoms with Gasteiger partial charge in [0.1, 0.15) is 0 Å². The molecule has 1 amide bonds. The maximum absolute atomic E-state index is 11.5. The van der Waals surface area contributed by atoms with Gasteiger partial charge >= 0.3 is 0 Å². The monoisotopic (exact) mass is 322 g/mol. The molecule has 1 saturated heterocycles. The molecule has 1 spiro atoms. The summed E-state index contributed by atoms with van der Waals surface area (Å²) in [6.45, 7) is 7.81. The molecule has 130 valence electrons. The molecule has 6 heteroatoms. The summed E-state index contributed by atoms with van der Waals surface area (Å²) in [6.07, 6.45) is 5.36. The fourth-order valence-electron chi connectivity index (χ4n) is 4.33. The Hall–Kier alpha value is -1.30. The van der Waals surface area contributed by atoms with Crippen molar-refractivity contribution < 1.29 is 9.53 Å². The number of carbonyl (C=O) groups excluding carboxylic acids is 1. The third-order valence-corrected chi connectivity index (χ3v) is 5.98. The van der Waals surface area contributed by atoms with Crippen LogP contribution in [-0.2, 0) is 9.53 Å². The van der Waals surface area contributed by atoms with Crippen molar-refractivity contribution in [3.63, 3.8) is 0 Å². The minimum absolute atomic E-state index is 0.166. The quantitative estimate of drug-likeness (QED) is 0.624. The third-order valence-electron chi connectivity index (χ3n) is 5.98. The van der Waals surface area contributed by atoms with E-state index in [1.54, 1.807) is 6.92 Å². The summed E-state index contributed by atoms with van der Waals surface area (Å²) in [7, 11) is 1.85. The summed E-state index contributed by atoms with van der Waals surface area (Å²) < 4.78 is 5.93. The molecule has 3 fully saturated rings. The zero-order valence-electron chi connectivity index (χ0n) is 14.7. The van der Waals surface area contributed by atoms with Crippen LogP contribution in [0.3, 0.4) is 0 Å². The highest BCUT2D eigenvalue weighted by Crippen LogP contribution is 2.57. The van der Waals surface area contributed by atoms with Gasteiger partial charge in [-0.1, -0.05) is 6.42 Å². The smallest absolute Gasteiger partial charge is 0.219 e. The number of amides is 1. The van der Waals surface area contributed by atoms with E-state index >= 15 is 0 Å². The third kappa shape index (κ3) is 2.93. The lowest BCUT2D eigenvalue weighted by atomic mass is 9.51. The predicted molar refractivity (Wildman–Crippen MR) is 90.4 cm³/mol. The molecule has 1 N–H and O–H groups in total. The van der Waals surface area contributed by atoms with Crippen LogP contribution in [0.25, 0.3) is 0 Å². The van der Waals surface area contributed by atoms with Gasteiger partial charge < -0.3 is 19.9 Å². The van der Waals surface area contributed by atoms with E-state index in [0.29, 0.717) is 17.6 Å². The molecule has 3 aliphatic rings. The molecule has 2 unspecified atom stereocenters. The Labute approximate surface area is 139 Å². The molecule has 3 rings (SSSR count). The van der Waals surface area contributed by atoms with Crippen molar-refractivity contribution in [3.05, 3.63) is 0 Å². The maximum Gasteiger partial charge on any atom is 0.219 e. The molecule has 0 aromatic heterocycles. The Morgan fingerprint density at radius 1 is 1.26 bits per heavy atom. The topological polar surface area (TPSA) is 57.2 Å². The second-order valence-corrected chi connectivity index (χ2v) is 7.00. The van der Waals surface area contributed by atoms with Gasteiger partial charge in [-0.05, 0) is 26.2 Å². The molecule has 23 heavy (non-hydrogen) atoms. The number of ether oxygens (including phenoxy) is 1. The standard InChI is InChI=1S/C17H30N4O2/c1-4-23-15-12-14(17(15)6-5-7-17)19-16(18-3)21-10-8-20(9-11-21)13(2)22/h14-15H,4-12H2,1-3H3,(H,18,19). The first-order valence-electron chi connectivity index (χ1n) is 8.96. The Kier molecular flexibility index (Phi) is 4.80. The van der Waals surface area contributed by atoms with Crippen LogP contribution in [0.5, 0.6) is 0 Å². The number of hydrogen-bond acceptors (Lipinski definition) is 3. The fourth-order valence-corrected chi connectivity index (χ4v) is 4.33. The van der Waals surface area contributed by atoms with E-state index in [1.807, 2.05) is 11.9 Å². The number of rotatable bonds is 3. The minimum Gasteiger partial charge on any atom is -0.378 e. The number of carbonyl (C=O) groups is 1. The highest BCUT2D eigenvalue weighted by molar-refractivity contribution is 5.81. The van der Waals surface area contributed by atoms with E-state index in [4.69, 9.17) is 4.74 Å². The second-order valence-electron chi connectivity index (χ2n) is 7.00. The van der Waals surface area contributed by atoms with Gasteiger partial charge in [-0.25, -0.2) is 0 Å². The minimum atomic E-state index is 0.166. The van der Waals surface area contributed by atoms with Crippen molar-refractivity contribution in [2.45, 2.75) is 51.7 Å². The number of guanidine groups is 1. The van der Waals surface area contributed by atoms with Crippen LogP contribution in [-0.4, -0.2) is 73.6 Å². The van der Waals surface area contributed by atoms with Gasteiger partial charge in [0.25, 0.3) is 0 Å². The van der Waals surface area contributed by atoms with Gasteiger partial charge in [0.15, 0.2) is 5.96 Å². The van der Waals surface area contributed by atoms with Gasteiger partial charge in [0.05, 0.1) is 6.10 Å². The van der Waals surface area contributed by atoms with Crippen LogP contribution in [0.4, 0.5) is 0 Å². The van der Waals surface area contributed by atoms with Crippen LogP contribution in [0.1, 0.15) is 39.5 Å². The highest BCUT2D eigenvalue weighted by atomic mass is 16.5. The maximum atomic E-state index is 11.5. The van der Waals surface area contributed by atoms with E-state index in [0.717, 1.165) is 45.2 Å². The first kappa shape index (κ1) is 16.6. The van der Waals surface area contributed by atoms with Gasteiger partial charge in [0, 0.05) is 58.2 Å². The Balaban J connectivity index is 1.56. The average molecular weight is 322 g/mol. The second kappa shape index (κ2) is 6.67. The molecule has 0 aromatic carbocycles. The average Bonchev–Trinajstić information content (AvgIpc) is 2.48. The lowest BCUT2D eigenvalue weighted by molar-refractivity contribution is -0.169. The number of piperazine rings is 1. The van der Waals surface area contributed by atoms with Crippen LogP contribution in [0.2, 0.25) is 0 Å². The zero-order valence-corrected chi connectivity index (χ0v) is 14.7. The normalized spacial score (nSPS) is 30.0. The molecule has 2 aliphatic carbocycles. The predicted octanol–water partition coefficient (Wildman–Crippen LogP) is 1.07. The molecule has 2 atom stereocenters. The first-order chi connectivity index (χ1) is 11.1. The lowest BCUT2D eigenvalue weighted by Crippen LogP contribution is -2.69. The van der Waals surface area contributed by atoms with E-state index in [9.17, 15) is 4.79 Å². The van der Waals surface area contributed by atoms with Gasteiger partial charge in [-0.15, -0.1) is 0 Å². The molecule has 0 aromatic rings. The molecular weight excluding hydrogens is 292 g/mol. The van der Waals surface area contributed by atoms with Crippen molar-refractivity contribution in [3.8, 4) is 0 Å². The number of aliphatic imine (C=N–C) groups is 1. The van der Waals surface area contributed by atoms with Crippen molar-refractivity contribution in [2.75, 3.05) is 39.8 Å². The highest BCUT2D eigenvalue weighted by Gasteiger charge is 2.59. The van der Waals surface area contributed by atoms with Crippen molar-refractivity contribution in [2.24, 2.45) is 10.4 Å². The van der Waals surface area contributed by atoms with Gasteiger partial charge in [-0.2, -0.15) is 0 Å². The molecular formula is C17H30N4O2. The lowest BCUT2D eigenvalue weighted by Gasteiger charge is -2.61. The molecule has 0 radical (unpaired) electrons. The van der Waals surface area contributed by atoms with Crippen molar-refractivity contribution >= 4 is 11.9 Å². The molecule has 6 nitrogen and oxygen atoms in total. The first-order valence-corrected chi connectivity index (χ1v) is 8.96. The summed E-state index contributed by atoms with van der Waals surface area (Å²) in [6, 6.07) is 0.484. The molecule has 1 heterocycles. The van der Waals surface area contributed by atoms with Crippen molar-refractivity contribution in [1.82, 2.24) is 15.1 Å². The van der Waals surface area contributed by atoms with E-state index < -0.39 is 0 Å². The molecule has 0 bridgehead atoms. The Bertz CT molecular complexity index is 467. The summed E-state index contributed by atoms with van der Waals surface area (Å²) in [5.74, 6) is 1.15. The van der Waals surface area contributed by atoms with Crippen LogP contribution < -0.4 is 5.32 Å². The van der Waals surface area contributed by atoms with Crippen LogP contribution >= 0.6 is 0 Å². The largest absolute Gasteiger partial charge is 0.378 e. The Morgan fingerprint density at radius 3 is 2.39 bits per heavy atom. The summed E-state index contributed by atoms with van der Waals surface area (Å²) in [4.78, 5) is 20.1. The van der Waals surface area contributed by atoms with Crippen LogP contribution in [0.15, 0.2) is 4.99 Å². The summed E-state index contributed by atoms with van der Waals surface area (Å²) in [5, 5.41) is 3.69. The van der Waals surface area contributed by atoms with E-state index in [-0.39, 0.29) is 5.91 Å². The summed E-state index contributed by atoms with van der Waals surface area (Å²) >= 11 is 0. The van der Waals surface area contributed by atoms with Gasteiger partial charge in [0.2, 0.25) is 5.91 Å².